The maximum absolute atomic E-state index is 15.5. The van der Waals surface area contributed by atoms with Gasteiger partial charge in [0.2, 0.25) is 5.88 Å². The number of halogens is 1. The number of esters is 3. The van der Waals surface area contributed by atoms with Gasteiger partial charge in [0.25, 0.3) is 11.7 Å². The van der Waals surface area contributed by atoms with Gasteiger partial charge in [-0.3, -0.25) is 19.4 Å². The van der Waals surface area contributed by atoms with Crippen molar-refractivity contribution in [2.45, 2.75) is 44.3 Å². The number of aliphatic hydroxyl groups is 1. The first-order valence-corrected chi connectivity index (χ1v) is 17.6. The third-order valence-electron chi connectivity index (χ3n) is 9.33. The van der Waals surface area contributed by atoms with E-state index in [0.29, 0.717) is 35.2 Å². The van der Waals surface area contributed by atoms with Gasteiger partial charge in [-0.25, -0.2) is 23.8 Å². The van der Waals surface area contributed by atoms with Gasteiger partial charge in [0.1, 0.15) is 29.8 Å². The summed E-state index contributed by atoms with van der Waals surface area (Å²) < 4.78 is 49.8. The number of aromatic nitrogens is 5. The largest absolute Gasteiger partial charge is 0.493 e. The predicted molar refractivity (Wildman–Crippen MR) is 192 cm³/mol. The number of piperidine rings is 1. The molecule has 3 aliphatic rings. The first kappa shape index (κ1) is 36.8. The summed E-state index contributed by atoms with van der Waals surface area (Å²) in [5.74, 6) is -5.19. The fraction of sp³-hybridized carbons (Fsp3) is 0.263. The molecular formula is C38H32FN7O11. The van der Waals surface area contributed by atoms with Gasteiger partial charge in [0.15, 0.2) is 17.1 Å². The van der Waals surface area contributed by atoms with Crippen LogP contribution in [0.5, 0.6) is 23.1 Å². The number of fused-ring (bicyclic) bond motifs is 4. The molecule has 1 atom stereocenters. The van der Waals surface area contributed by atoms with Crippen LogP contribution in [0.3, 0.4) is 0 Å². The Morgan fingerprint density at radius 3 is 2.49 bits per heavy atom. The van der Waals surface area contributed by atoms with Crippen molar-refractivity contribution >= 4 is 46.2 Å². The van der Waals surface area contributed by atoms with Crippen molar-refractivity contribution in [2.75, 3.05) is 25.5 Å². The summed E-state index contributed by atoms with van der Waals surface area (Å²) in [5, 5.41) is 18.4. The van der Waals surface area contributed by atoms with E-state index in [1.807, 2.05) is 19.1 Å². The van der Waals surface area contributed by atoms with Crippen molar-refractivity contribution in [1.82, 2.24) is 29.6 Å². The predicted octanol–water partition coefficient (Wildman–Crippen LogP) is 3.91. The minimum atomic E-state index is -2.47. The highest BCUT2D eigenvalue weighted by Crippen LogP contribution is 2.37. The lowest BCUT2D eigenvalue weighted by Crippen LogP contribution is -2.46. The van der Waals surface area contributed by atoms with E-state index in [0.717, 1.165) is 11.4 Å². The molecule has 18 nitrogen and oxygen atoms in total. The molecule has 19 heteroatoms. The van der Waals surface area contributed by atoms with Crippen molar-refractivity contribution in [3.05, 3.63) is 90.5 Å². The first-order chi connectivity index (χ1) is 27.4. The molecule has 0 spiro atoms. The van der Waals surface area contributed by atoms with Crippen molar-refractivity contribution < 1.29 is 57.1 Å². The Kier molecular flexibility index (Phi) is 9.58. The Morgan fingerprint density at radius 2 is 1.75 bits per heavy atom. The monoisotopic (exact) mass is 781 g/mol. The zero-order valence-electron chi connectivity index (χ0n) is 30.3. The van der Waals surface area contributed by atoms with Crippen molar-refractivity contribution in [3.63, 3.8) is 0 Å². The zero-order valence-corrected chi connectivity index (χ0v) is 30.3. The number of amides is 1. The number of rotatable bonds is 9. The number of carbonyl (C=O) groups excluding carboxylic acids is 4. The lowest BCUT2D eigenvalue weighted by atomic mass is 9.96. The van der Waals surface area contributed by atoms with Gasteiger partial charge < -0.3 is 43.7 Å². The molecule has 57 heavy (non-hydrogen) atoms. The average molecular weight is 782 g/mol. The average Bonchev–Trinajstić information content (AvgIpc) is 3.63. The van der Waals surface area contributed by atoms with Crippen molar-refractivity contribution in [3.8, 4) is 28.8 Å². The van der Waals surface area contributed by atoms with E-state index in [4.69, 9.17) is 28.4 Å². The van der Waals surface area contributed by atoms with Crippen LogP contribution in [0.1, 0.15) is 31.4 Å². The van der Waals surface area contributed by atoms with Gasteiger partial charge in [-0.15, -0.1) is 5.10 Å². The molecule has 2 aromatic carbocycles. The number of ether oxygens (including phenoxy) is 6. The molecule has 0 saturated carbocycles. The van der Waals surface area contributed by atoms with Crippen LogP contribution >= 0.6 is 0 Å². The quantitative estimate of drug-likeness (QED) is 0.203. The summed E-state index contributed by atoms with van der Waals surface area (Å²) in [5.41, 5.74) is -0.258. The Morgan fingerprint density at radius 1 is 0.965 bits per heavy atom. The number of cyclic esters (lactones) is 1. The van der Waals surface area contributed by atoms with Gasteiger partial charge in [-0.1, -0.05) is 0 Å². The van der Waals surface area contributed by atoms with E-state index < -0.39 is 65.9 Å². The fourth-order valence-electron chi connectivity index (χ4n) is 6.36. The van der Waals surface area contributed by atoms with Gasteiger partial charge in [-0.05, 0) is 37.3 Å². The maximum Gasteiger partial charge on any atom is 0.347 e. The van der Waals surface area contributed by atoms with Crippen LogP contribution in [0.4, 0.5) is 15.9 Å². The standard InChI is InChI=1S/C38H32FN7O11/c1-20-3-4-21(18-40-20)46-12-9-30(44-46)54-23-5-6-26(25(39)13-23)43-34-24-14-29(28(52-2)15-27(24)41-19-42-34)53-22-7-10-45(11-8-22)35(49)33-36-56-32(48)17-38(51,37(50)57-36)16-31(47)55-33/h3-6,9,12-15,18-19,22,51H,7-8,10-11,16-17H2,1-2H3,(H,41,42,43)/b36-33-. The topological polar surface area (TPSA) is 216 Å². The number of hydrogen-bond donors (Lipinski definition) is 2. The van der Waals surface area contributed by atoms with E-state index in [1.165, 1.54) is 30.5 Å². The number of likely N-dealkylation sites (tertiary alicyclic amines) is 1. The van der Waals surface area contributed by atoms with E-state index >= 15 is 4.39 Å². The lowest BCUT2D eigenvalue weighted by molar-refractivity contribution is -0.173. The minimum absolute atomic E-state index is 0.112. The molecule has 3 aliphatic heterocycles. The molecule has 6 heterocycles. The first-order valence-electron chi connectivity index (χ1n) is 17.6. The van der Waals surface area contributed by atoms with Gasteiger partial charge >= 0.3 is 23.9 Å². The number of anilines is 2. The number of methoxy groups -OCH3 is 1. The Hall–Kier alpha value is -7.15. The highest BCUT2D eigenvalue weighted by molar-refractivity contribution is 5.99. The molecule has 2 N–H and O–H groups in total. The molecular weight excluding hydrogens is 749 g/mol. The third kappa shape index (κ3) is 7.59. The number of aryl methyl sites for hydroxylation is 1. The van der Waals surface area contributed by atoms with Crippen molar-refractivity contribution in [1.29, 1.82) is 0 Å². The van der Waals surface area contributed by atoms with Crippen LogP contribution in [-0.2, 0) is 33.4 Å². The normalized spacial score (nSPS) is 19.9. The van der Waals surface area contributed by atoms with E-state index in [1.54, 1.807) is 41.3 Å². The highest BCUT2D eigenvalue weighted by atomic mass is 19.1. The summed E-state index contributed by atoms with van der Waals surface area (Å²) in [4.78, 5) is 64.9. The molecule has 1 unspecified atom stereocenters. The van der Waals surface area contributed by atoms with E-state index in [-0.39, 0.29) is 36.2 Å². The summed E-state index contributed by atoms with van der Waals surface area (Å²) in [6.45, 7) is 2.11. The second-order valence-electron chi connectivity index (χ2n) is 13.3. The molecule has 2 fully saturated rings. The molecule has 8 rings (SSSR count). The smallest absolute Gasteiger partial charge is 0.347 e. The number of nitrogens with one attached hydrogen (secondary N) is 1. The van der Waals surface area contributed by atoms with Gasteiger partial charge in [0, 0.05) is 61.4 Å². The molecule has 0 radical (unpaired) electrons. The fourth-order valence-corrected chi connectivity index (χ4v) is 6.36. The van der Waals surface area contributed by atoms with Crippen LogP contribution in [-0.4, -0.2) is 90.5 Å². The molecule has 292 valence electrons. The molecule has 2 bridgehead atoms. The van der Waals surface area contributed by atoms with E-state index in [2.05, 4.69) is 25.4 Å². The number of hydrogen-bond acceptors (Lipinski definition) is 16. The zero-order chi connectivity index (χ0) is 39.8. The second kappa shape index (κ2) is 14.8. The molecule has 0 aliphatic carbocycles. The number of benzene rings is 2. The molecule has 2 saturated heterocycles. The minimum Gasteiger partial charge on any atom is -0.493 e. The van der Waals surface area contributed by atoms with Gasteiger partial charge in [0.05, 0.1) is 43.0 Å². The molecule has 1 amide bonds. The highest BCUT2D eigenvalue weighted by Gasteiger charge is 2.50. The summed E-state index contributed by atoms with van der Waals surface area (Å²) in [6.07, 6.45) is 3.16. The lowest BCUT2D eigenvalue weighted by Gasteiger charge is -2.33. The van der Waals surface area contributed by atoms with E-state index in [9.17, 15) is 24.3 Å². The number of pyridine rings is 1. The summed E-state index contributed by atoms with van der Waals surface area (Å²) in [7, 11) is 1.47. The number of carbonyl (C=O) groups is 4. The Balaban J connectivity index is 0.949. The Bertz CT molecular complexity index is 2470. The summed E-state index contributed by atoms with van der Waals surface area (Å²) >= 11 is 0. The van der Waals surface area contributed by atoms with Crippen molar-refractivity contribution in [2.24, 2.45) is 0 Å². The molecule has 5 aromatic rings. The van der Waals surface area contributed by atoms with Crippen LogP contribution in [0, 0.1) is 12.7 Å². The van der Waals surface area contributed by atoms with Gasteiger partial charge in [-0.2, -0.15) is 0 Å². The van der Waals surface area contributed by atoms with Crippen LogP contribution in [0.25, 0.3) is 16.6 Å². The third-order valence-corrected chi connectivity index (χ3v) is 9.33. The molecule has 3 aromatic heterocycles. The second-order valence-corrected chi connectivity index (χ2v) is 13.3. The van der Waals surface area contributed by atoms with Crippen LogP contribution < -0.4 is 19.5 Å². The SMILES string of the molecule is COc1cc2ncnc(Nc3ccc(Oc4ccn(-c5ccc(C)nc5)n4)cc3F)c2cc1OC1CCN(C(=O)/C2=C3\OC(=O)CC(O)(CC(=O)O2)C(=O)O3)CC1. The van der Waals surface area contributed by atoms with Crippen LogP contribution in [0.15, 0.2) is 79.0 Å². The summed E-state index contributed by atoms with van der Waals surface area (Å²) in [6, 6.07) is 13.0. The Labute approximate surface area is 321 Å². The van der Waals surface area contributed by atoms with Crippen LogP contribution in [0.2, 0.25) is 0 Å². The maximum atomic E-state index is 15.5. The number of nitrogens with zero attached hydrogens (tertiary/aromatic N) is 6.